The van der Waals surface area contributed by atoms with E-state index < -0.39 is 0 Å². The molecule has 0 heterocycles. The molecule has 0 radical (unpaired) electrons. The second-order valence-electron chi connectivity index (χ2n) is 6.15. The molecule has 0 aliphatic rings. The van der Waals surface area contributed by atoms with Gasteiger partial charge >= 0.3 is 0 Å². The van der Waals surface area contributed by atoms with Crippen LogP contribution in [0.25, 0.3) is 0 Å². The number of nitrogens with one attached hydrogen (secondary N) is 1. The summed E-state index contributed by atoms with van der Waals surface area (Å²) in [6, 6.07) is 9.30. The van der Waals surface area contributed by atoms with Gasteiger partial charge in [0.1, 0.15) is 0 Å². The van der Waals surface area contributed by atoms with Crippen LogP contribution in [0.4, 0.5) is 0 Å². The van der Waals surface area contributed by atoms with Crippen molar-refractivity contribution in [1.29, 1.82) is 0 Å². The van der Waals surface area contributed by atoms with Gasteiger partial charge < -0.3 is 5.32 Å². The van der Waals surface area contributed by atoms with E-state index in [0.29, 0.717) is 11.5 Å². The lowest BCUT2D eigenvalue weighted by molar-refractivity contribution is 0.309. The van der Waals surface area contributed by atoms with Gasteiger partial charge in [0, 0.05) is 6.04 Å². The number of hydrogen-bond acceptors (Lipinski definition) is 1. The number of aryl methyl sites for hydroxylation is 1. The predicted octanol–water partition coefficient (Wildman–Crippen LogP) is 3.95. The maximum atomic E-state index is 3.61. The van der Waals surface area contributed by atoms with Gasteiger partial charge in [0.25, 0.3) is 0 Å². The molecule has 1 heteroatoms. The summed E-state index contributed by atoms with van der Waals surface area (Å²) in [6.45, 7) is 12.4. The van der Waals surface area contributed by atoms with Crippen LogP contribution >= 0.6 is 0 Å². The molecule has 0 amide bonds. The Morgan fingerprint density at radius 2 is 1.82 bits per heavy atom. The predicted molar refractivity (Wildman–Crippen MR) is 76.4 cm³/mol. The molecule has 0 aromatic heterocycles. The lowest BCUT2D eigenvalue weighted by Gasteiger charge is -2.27. The van der Waals surface area contributed by atoms with Gasteiger partial charge in [-0.3, -0.25) is 0 Å². The zero-order chi connectivity index (χ0) is 12.9. The molecule has 1 unspecified atom stereocenters. The van der Waals surface area contributed by atoms with Crippen molar-refractivity contribution in [2.45, 2.75) is 53.5 Å². The van der Waals surface area contributed by atoms with Gasteiger partial charge in [0.15, 0.2) is 0 Å². The van der Waals surface area contributed by atoms with Gasteiger partial charge in [-0.15, -0.1) is 0 Å². The largest absolute Gasteiger partial charge is 0.314 e. The fourth-order valence-corrected chi connectivity index (χ4v) is 2.35. The van der Waals surface area contributed by atoms with Gasteiger partial charge in [-0.05, 0) is 42.9 Å². The first kappa shape index (κ1) is 14.2. The SMILES string of the molecule is CCNC(Cc1ccccc1C)CC(C)(C)C. The van der Waals surface area contributed by atoms with Crippen LogP contribution in [0.2, 0.25) is 0 Å². The Kier molecular flexibility index (Phi) is 5.20. The van der Waals surface area contributed by atoms with Crippen LogP contribution in [0.3, 0.4) is 0 Å². The zero-order valence-electron chi connectivity index (χ0n) is 12.0. The average molecular weight is 233 g/mol. The van der Waals surface area contributed by atoms with E-state index in [1.54, 1.807) is 0 Å². The van der Waals surface area contributed by atoms with E-state index in [9.17, 15) is 0 Å². The molecular formula is C16H27N. The molecule has 96 valence electrons. The van der Waals surface area contributed by atoms with Gasteiger partial charge in [-0.25, -0.2) is 0 Å². The van der Waals surface area contributed by atoms with Gasteiger partial charge in [0.05, 0.1) is 0 Å². The van der Waals surface area contributed by atoms with Gasteiger partial charge in [-0.1, -0.05) is 52.0 Å². The summed E-state index contributed by atoms with van der Waals surface area (Å²) in [5.41, 5.74) is 3.27. The first-order valence-corrected chi connectivity index (χ1v) is 6.70. The lowest BCUT2D eigenvalue weighted by Crippen LogP contribution is -2.34. The van der Waals surface area contributed by atoms with Crippen LogP contribution in [-0.4, -0.2) is 12.6 Å². The Bertz CT molecular complexity index is 336. The lowest BCUT2D eigenvalue weighted by atomic mass is 9.85. The zero-order valence-corrected chi connectivity index (χ0v) is 12.0. The summed E-state index contributed by atoms with van der Waals surface area (Å²) in [7, 11) is 0. The summed E-state index contributed by atoms with van der Waals surface area (Å²) in [4.78, 5) is 0. The molecule has 0 bridgehead atoms. The highest BCUT2D eigenvalue weighted by Crippen LogP contribution is 2.23. The van der Waals surface area contributed by atoms with E-state index in [1.807, 2.05) is 0 Å². The minimum Gasteiger partial charge on any atom is -0.314 e. The molecular weight excluding hydrogens is 206 g/mol. The Hall–Kier alpha value is -0.820. The van der Waals surface area contributed by atoms with Crippen molar-refractivity contribution in [1.82, 2.24) is 5.32 Å². The molecule has 1 rings (SSSR count). The third-order valence-corrected chi connectivity index (χ3v) is 3.08. The van der Waals surface area contributed by atoms with Crippen molar-refractivity contribution >= 4 is 0 Å². The Morgan fingerprint density at radius 3 is 2.35 bits per heavy atom. The average Bonchev–Trinajstić information content (AvgIpc) is 2.19. The van der Waals surface area contributed by atoms with Gasteiger partial charge in [-0.2, -0.15) is 0 Å². The first-order valence-electron chi connectivity index (χ1n) is 6.70. The smallest absolute Gasteiger partial charge is 0.0112 e. The molecule has 1 N–H and O–H groups in total. The summed E-state index contributed by atoms with van der Waals surface area (Å²) in [5, 5.41) is 3.61. The minimum absolute atomic E-state index is 0.384. The molecule has 0 fully saturated rings. The van der Waals surface area contributed by atoms with E-state index >= 15 is 0 Å². The fraction of sp³-hybridized carbons (Fsp3) is 0.625. The maximum Gasteiger partial charge on any atom is 0.0112 e. The van der Waals surface area contributed by atoms with Gasteiger partial charge in [0.2, 0.25) is 0 Å². The second-order valence-corrected chi connectivity index (χ2v) is 6.15. The Morgan fingerprint density at radius 1 is 1.18 bits per heavy atom. The highest BCUT2D eigenvalue weighted by molar-refractivity contribution is 5.26. The molecule has 0 spiro atoms. The van der Waals surface area contributed by atoms with E-state index in [0.717, 1.165) is 13.0 Å². The van der Waals surface area contributed by atoms with E-state index in [4.69, 9.17) is 0 Å². The molecule has 0 aliphatic heterocycles. The summed E-state index contributed by atoms with van der Waals surface area (Å²) in [5.74, 6) is 0. The fourth-order valence-electron chi connectivity index (χ4n) is 2.35. The maximum absolute atomic E-state index is 3.61. The Labute approximate surface area is 107 Å². The quantitative estimate of drug-likeness (QED) is 0.812. The number of rotatable bonds is 5. The third-order valence-electron chi connectivity index (χ3n) is 3.08. The van der Waals surface area contributed by atoms with E-state index in [2.05, 4.69) is 64.2 Å². The highest BCUT2D eigenvalue weighted by atomic mass is 14.9. The Balaban J connectivity index is 2.70. The minimum atomic E-state index is 0.384. The van der Waals surface area contributed by atoms with Crippen LogP contribution < -0.4 is 5.32 Å². The van der Waals surface area contributed by atoms with Crippen molar-refractivity contribution in [3.63, 3.8) is 0 Å². The van der Waals surface area contributed by atoms with E-state index in [-0.39, 0.29) is 0 Å². The topological polar surface area (TPSA) is 12.0 Å². The summed E-state index contributed by atoms with van der Waals surface area (Å²) in [6.07, 6.45) is 2.35. The molecule has 1 aromatic rings. The van der Waals surface area contributed by atoms with Crippen molar-refractivity contribution < 1.29 is 0 Å². The summed E-state index contributed by atoms with van der Waals surface area (Å²) >= 11 is 0. The third kappa shape index (κ3) is 5.36. The van der Waals surface area contributed by atoms with Crippen molar-refractivity contribution in [3.05, 3.63) is 35.4 Å². The molecule has 0 aliphatic carbocycles. The highest BCUT2D eigenvalue weighted by Gasteiger charge is 2.18. The molecule has 17 heavy (non-hydrogen) atoms. The standard InChI is InChI=1S/C16H27N/c1-6-17-15(12-16(3,4)5)11-14-10-8-7-9-13(14)2/h7-10,15,17H,6,11-12H2,1-5H3. The number of hydrogen-bond donors (Lipinski definition) is 1. The molecule has 1 aromatic carbocycles. The van der Waals surface area contributed by atoms with Crippen LogP contribution in [0.1, 0.15) is 45.2 Å². The normalized spacial score (nSPS) is 13.7. The second kappa shape index (κ2) is 6.20. The van der Waals surface area contributed by atoms with Crippen LogP contribution in [0.5, 0.6) is 0 Å². The van der Waals surface area contributed by atoms with E-state index in [1.165, 1.54) is 17.5 Å². The van der Waals surface area contributed by atoms with Crippen LogP contribution in [0.15, 0.2) is 24.3 Å². The molecule has 1 nitrogen and oxygen atoms in total. The molecule has 1 atom stereocenters. The van der Waals surface area contributed by atoms with Crippen molar-refractivity contribution in [2.24, 2.45) is 5.41 Å². The van der Waals surface area contributed by atoms with Crippen molar-refractivity contribution in [3.8, 4) is 0 Å². The number of likely N-dealkylation sites (N-methyl/N-ethyl adjacent to an activating group) is 1. The molecule has 0 saturated heterocycles. The molecule has 0 saturated carbocycles. The number of benzene rings is 1. The monoisotopic (exact) mass is 233 g/mol. The van der Waals surface area contributed by atoms with Crippen LogP contribution in [-0.2, 0) is 6.42 Å². The summed E-state index contributed by atoms with van der Waals surface area (Å²) < 4.78 is 0. The van der Waals surface area contributed by atoms with Crippen molar-refractivity contribution in [2.75, 3.05) is 6.54 Å². The van der Waals surface area contributed by atoms with Crippen LogP contribution in [0, 0.1) is 12.3 Å². The first-order chi connectivity index (χ1) is 7.92.